The lowest BCUT2D eigenvalue weighted by Gasteiger charge is -2.28. The molecule has 158 valence electrons. The summed E-state index contributed by atoms with van der Waals surface area (Å²) in [6.07, 6.45) is 2.06. The summed E-state index contributed by atoms with van der Waals surface area (Å²) in [6, 6.07) is 20.2. The van der Waals surface area contributed by atoms with Gasteiger partial charge in [0, 0.05) is 30.4 Å². The van der Waals surface area contributed by atoms with Gasteiger partial charge in [-0.05, 0) is 74.4 Å². The molecule has 3 aromatic rings. The van der Waals surface area contributed by atoms with Crippen molar-refractivity contribution in [2.75, 3.05) is 0 Å². The number of rotatable bonds is 8. The standard InChI is InChI=1S/C28H36N2/c1-7-24-15-12-16-25(8-2)28(24)27-17-21(5)26(22(6)29-27)19-30(20(3)4)18-23-13-10-9-11-14-23/h9-17,20H,7-8,18-19H2,1-6H3. The Balaban J connectivity index is 1.95. The molecule has 0 atom stereocenters. The van der Waals surface area contributed by atoms with Crippen molar-refractivity contribution in [3.05, 3.63) is 88.1 Å². The highest BCUT2D eigenvalue weighted by molar-refractivity contribution is 5.69. The van der Waals surface area contributed by atoms with E-state index in [9.17, 15) is 0 Å². The first kappa shape index (κ1) is 22.2. The fourth-order valence-corrected chi connectivity index (χ4v) is 4.24. The highest BCUT2D eigenvalue weighted by Gasteiger charge is 2.17. The summed E-state index contributed by atoms with van der Waals surface area (Å²) in [4.78, 5) is 7.65. The molecule has 0 aliphatic carbocycles. The van der Waals surface area contributed by atoms with Crippen molar-refractivity contribution in [3.8, 4) is 11.3 Å². The molecule has 2 aromatic carbocycles. The van der Waals surface area contributed by atoms with E-state index in [2.05, 4.69) is 101 Å². The van der Waals surface area contributed by atoms with Gasteiger partial charge < -0.3 is 0 Å². The predicted octanol–water partition coefficient (Wildman–Crippen LogP) is 6.90. The number of hydrogen-bond donors (Lipinski definition) is 0. The van der Waals surface area contributed by atoms with Crippen LogP contribution in [0.1, 0.15) is 61.2 Å². The first-order chi connectivity index (χ1) is 14.4. The third-order valence-corrected chi connectivity index (χ3v) is 6.13. The van der Waals surface area contributed by atoms with Crippen LogP contribution in [-0.4, -0.2) is 15.9 Å². The molecule has 0 bridgehead atoms. The molecule has 0 saturated heterocycles. The fraction of sp³-hybridized carbons (Fsp3) is 0.393. The van der Waals surface area contributed by atoms with Crippen LogP contribution in [0.5, 0.6) is 0 Å². The van der Waals surface area contributed by atoms with Crippen LogP contribution in [0.15, 0.2) is 54.6 Å². The molecular weight excluding hydrogens is 364 g/mol. The van der Waals surface area contributed by atoms with E-state index in [0.29, 0.717) is 6.04 Å². The first-order valence-electron chi connectivity index (χ1n) is 11.3. The second-order valence-corrected chi connectivity index (χ2v) is 8.53. The SMILES string of the molecule is CCc1cccc(CC)c1-c1cc(C)c(CN(Cc2ccccc2)C(C)C)c(C)n1. The van der Waals surface area contributed by atoms with Crippen LogP contribution in [0, 0.1) is 13.8 Å². The van der Waals surface area contributed by atoms with Crippen molar-refractivity contribution in [2.24, 2.45) is 0 Å². The van der Waals surface area contributed by atoms with Crippen molar-refractivity contribution < 1.29 is 0 Å². The van der Waals surface area contributed by atoms with Gasteiger partial charge >= 0.3 is 0 Å². The Hall–Kier alpha value is -2.45. The molecule has 0 radical (unpaired) electrons. The Morgan fingerprint density at radius 3 is 2.00 bits per heavy atom. The Kier molecular flexibility index (Phi) is 7.44. The minimum atomic E-state index is 0.469. The first-order valence-corrected chi connectivity index (χ1v) is 11.3. The van der Waals surface area contributed by atoms with E-state index in [4.69, 9.17) is 4.98 Å². The maximum absolute atomic E-state index is 5.11. The normalized spacial score (nSPS) is 11.5. The molecule has 1 heterocycles. The highest BCUT2D eigenvalue weighted by atomic mass is 15.1. The highest BCUT2D eigenvalue weighted by Crippen LogP contribution is 2.30. The molecule has 0 unspecified atom stereocenters. The zero-order valence-electron chi connectivity index (χ0n) is 19.5. The Morgan fingerprint density at radius 2 is 1.47 bits per heavy atom. The van der Waals surface area contributed by atoms with E-state index in [1.807, 2.05) is 0 Å². The van der Waals surface area contributed by atoms with Crippen LogP contribution < -0.4 is 0 Å². The molecule has 30 heavy (non-hydrogen) atoms. The molecule has 0 amide bonds. The van der Waals surface area contributed by atoms with Crippen LogP contribution in [0.25, 0.3) is 11.3 Å². The van der Waals surface area contributed by atoms with Gasteiger partial charge in [-0.25, -0.2) is 0 Å². The quantitative estimate of drug-likeness (QED) is 0.409. The van der Waals surface area contributed by atoms with E-state index in [1.165, 1.54) is 33.4 Å². The van der Waals surface area contributed by atoms with E-state index >= 15 is 0 Å². The van der Waals surface area contributed by atoms with Gasteiger partial charge in [-0.1, -0.05) is 62.4 Å². The van der Waals surface area contributed by atoms with E-state index in [0.717, 1.165) is 37.3 Å². The Bertz CT molecular complexity index is 928. The van der Waals surface area contributed by atoms with Crippen molar-refractivity contribution >= 4 is 0 Å². The Morgan fingerprint density at radius 1 is 0.833 bits per heavy atom. The lowest BCUT2D eigenvalue weighted by molar-refractivity contribution is 0.202. The fourth-order valence-electron chi connectivity index (χ4n) is 4.24. The lowest BCUT2D eigenvalue weighted by Crippen LogP contribution is -2.30. The molecule has 0 N–H and O–H groups in total. The molecule has 2 heteroatoms. The van der Waals surface area contributed by atoms with Gasteiger partial charge in [0.1, 0.15) is 0 Å². The third-order valence-electron chi connectivity index (χ3n) is 6.13. The molecule has 0 saturated carbocycles. The Labute approximate surface area is 183 Å². The monoisotopic (exact) mass is 400 g/mol. The summed E-state index contributed by atoms with van der Waals surface area (Å²) >= 11 is 0. The summed E-state index contributed by atoms with van der Waals surface area (Å²) in [5.74, 6) is 0. The van der Waals surface area contributed by atoms with Gasteiger partial charge in [-0.3, -0.25) is 9.88 Å². The maximum Gasteiger partial charge on any atom is 0.0713 e. The summed E-state index contributed by atoms with van der Waals surface area (Å²) in [5.41, 5.74) is 10.4. The van der Waals surface area contributed by atoms with E-state index in [1.54, 1.807) is 0 Å². The van der Waals surface area contributed by atoms with Crippen molar-refractivity contribution in [1.82, 2.24) is 9.88 Å². The van der Waals surface area contributed by atoms with Gasteiger partial charge in [0.2, 0.25) is 0 Å². The molecule has 0 spiro atoms. The van der Waals surface area contributed by atoms with Gasteiger partial charge in [-0.2, -0.15) is 0 Å². The molecule has 0 aliphatic heterocycles. The average Bonchev–Trinajstić information content (AvgIpc) is 2.75. The maximum atomic E-state index is 5.11. The number of nitrogens with zero attached hydrogens (tertiary/aromatic N) is 2. The van der Waals surface area contributed by atoms with Crippen LogP contribution in [0.4, 0.5) is 0 Å². The third kappa shape index (κ3) is 4.99. The van der Waals surface area contributed by atoms with Gasteiger partial charge in [-0.15, -0.1) is 0 Å². The summed E-state index contributed by atoms with van der Waals surface area (Å²) in [7, 11) is 0. The van der Waals surface area contributed by atoms with Gasteiger partial charge in [0.15, 0.2) is 0 Å². The molecule has 3 rings (SSSR count). The summed E-state index contributed by atoms with van der Waals surface area (Å²) in [6.45, 7) is 15.3. The molecule has 1 aromatic heterocycles. The number of aryl methyl sites for hydroxylation is 4. The predicted molar refractivity (Wildman–Crippen MR) is 129 cm³/mol. The van der Waals surface area contributed by atoms with Gasteiger partial charge in [0.25, 0.3) is 0 Å². The zero-order valence-corrected chi connectivity index (χ0v) is 19.5. The van der Waals surface area contributed by atoms with Crippen LogP contribution in [-0.2, 0) is 25.9 Å². The zero-order chi connectivity index (χ0) is 21.7. The van der Waals surface area contributed by atoms with Crippen molar-refractivity contribution in [2.45, 2.75) is 73.5 Å². The van der Waals surface area contributed by atoms with Crippen molar-refractivity contribution in [1.29, 1.82) is 0 Å². The van der Waals surface area contributed by atoms with Crippen LogP contribution in [0.2, 0.25) is 0 Å². The smallest absolute Gasteiger partial charge is 0.0713 e. The second kappa shape index (κ2) is 10.0. The molecule has 0 aliphatic rings. The number of hydrogen-bond acceptors (Lipinski definition) is 2. The number of benzene rings is 2. The lowest BCUT2D eigenvalue weighted by atomic mass is 9.93. The summed E-state index contributed by atoms with van der Waals surface area (Å²) in [5, 5.41) is 0. The van der Waals surface area contributed by atoms with E-state index in [-0.39, 0.29) is 0 Å². The van der Waals surface area contributed by atoms with E-state index < -0.39 is 0 Å². The van der Waals surface area contributed by atoms with Crippen molar-refractivity contribution in [3.63, 3.8) is 0 Å². The minimum Gasteiger partial charge on any atom is -0.292 e. The van der Waals surface area contributed by atoms with Crippen LogP contribution >= 0.6 is 0 Å². The molecular formula is C28H36N2. The number of pyridine rings is 1. The van der Waals surface area contributed by atoms with Crippen LogP contribution in [0.3, 0.4) is 0 Å². The number of aromatic nitrogens is 1. The topological polar surface area (TPSA) is 16.1 Å². The molecule has 0 fully saturated rings. The largest absolute Gasteiger partial charge is 0.292 e. The average molecular weight is 401 g/mol. The minimum absolute atomic E-state index is 0.469. The van der Waals surface area contributed by atoms with Gasteiger partial charge in [0.05, 0.1) is 5.69 Å². The molecule has 2 nitrogen and oxygen atoms in total. The summed E-state index contributed by atoms with van der Waals surface area (Å²) < 4.78 is 0. The second-order valence-electron chi connectivity index (χ2n) is 8.53.